The Kier molecular flexibility index (Phi) is 5.68. The quantitative estimate of drug-likeness (QED) is 0.459. The first-order valence-corrected chi connectivity index (χ1v) is 8.33. The highest BCUT2D eigenvalue weighted by Gasteiger charge is 2.23. The number of methoxy groups -OCH3 is 1. The summed E-state index contributed by atoms with van der Waals surface area (Å²) in [6.07, 6.45) is 1.26. The van der Waals surface area contributed by atoms with Crippen molar-refractivity contribution in [1.29, 1.82) is 0 Å². The van der Waals surface area contributed by atoms with Crippen molar-refractivity contribution < 1.29 is 9.66 Å². The molecule has 0 saturated heterocycles. The Morgan fingerprint density at radius 2 is 1.89 bits per heavy atom. The smallest absolute Gasteiger partial charge is 0.353 e. The van der Waals surface area contributed by atoms with Gasteiger partial charge in [-0.1, -0.05) is 29.8 Å². The van der Waals surface area contributed by atoms with E-state index in [1.165, 1.54) is 6.33 Å². The molecule has 0 saturated carbocycles. The van der Waals surface area contributed by atoms with Gasteiger partial charge in [-0.15, -0.1) is 0 Å². The Morgan fingerprint density at radius 3 is 2.56 bits per heavy atom. The SMILES string of the molecule is COc1ccc(CNc2ncnc(Nc3cccc(Cl)c3)c2[N+](=O)[O-])cc1. The monoisotopic (exact) mass is 385 g/mol. The Hall–Kier alpha value is -3.39. The second-order valence-corrected chi connectivity index (χ2v) is 5.95. The first kappa shape index (κ1) is 18.4. The zero-order valence-electron chi connectivity index (χ0n) is 14.3. The van der Waals surface area contributed by atoms with Crippen LogP contribution >= 0.6 is 11.6 Å². The van der Waals surface area contributed by atoms with Crippen LogP contribution < -0.4 is 15.4 Å². The van der Waals surface area contributed by atoms with Crippen LogP contribution in [0.15, 0.2) is 54.9 Å². The van der Waals surface area contributed by atoms with Crippen molar-refractivity contribution in [2.24, 2.45) is 0 Å². The summed E-state index contributed by atoms with van der Waals surface area (Å²) >= 11 is 5.96. The van der Waals surface area contributed by atoms with Gasteiger partial charge in [-0.2, -0.15) is 0 Å². The van der Waals surface area contributed by atoms with Gasteiger partial charge in [-0.3, -0.25) is 10.1 Å². The molecule has 27 heavy (non-hydrogen) atoms. The molecule has 2 N–H and O–H groups in total. The molecule has 138 valence electrons. The van der Waals surface area contributed by atoms with E-state index in [9.17, 15) is 10.1 Å². The molecule has 0 aliphatic heterocycles. The number of hydrogen-bond donors (Lipinski definition) is 2. The van der Waals surface area contributed by atoms with E-state index in [4.69, 9.17) is 16.3 Å². The Morgan fingerprint density at radius 1 is 1.15 bits per heavy atom. The minimum Gasteiger partial charge on any atom is -0.497 e. The highest BCUT2D eigenvalue weighted by Crippen LogP contribution is 2.32. The van der Waals surface area contributed by atoms with E-state index in [0.717, 1.165) is 11.3 Å². The van der Waals surface area contributed by atoms with Crippen LogP contribution in [0, 0.1) is 10.1 Å². The van der Waals surface area contributed by atoms with Crippen LogP contribution in [-0.2, 0) is 6.54 Å². The van der Waals surface area contributed by atoms with Crippen LogP contribution in [0.2, 0.25) is 5.02 Å². The van der Waals surface area contributed by atoms with E-state index >= 15 is 0 Å². The fourth-order valence-electron chi connectivity index (χ4n) is 2.40. The van der Waals surface area contributed by atoms with E-state index in [1.54, 1.807) is 31.4 Å². The van der Waals surface area contributed by atoms with Gasteiger partial charge in [0, 0.05) is 17.3 Å². The first-order chi connectivity index (χ1) is 13.1. The summed E-state index contributed by atoms with van der Waals surface area (Å²) in [7, 11) is 1.59. The highest BCUT2D eigenvalue weighted by molar-refractivity contribution is 6.30. The molecular formula is C18H16ClN5O3. The van der Waals surface area contributed by atoms with Gasteiger partial charge in [0.15, 0.2) is 0 Å². The van der Waals surface area contributed by atoms with Crippen molar-refractivity contribution in [3.05, 3.63) is 75.6 Å². The third-order valence-electron chi connectivity index (χ3n) is 3.71. The number of ether oxygens (including phenoxy) is 1. The standard InChI is InChI=1S/C18H16ClN5O3/c1-27-15-7-5-12(6-8-15)10-20-17-16(24(25)26)18(22-11-21-17)23-14-4-2-3-13(19)9-14/h2-9,11H,10H2,1H3,(H2,20,21,22,23). The van der Waals surface area contributed by atoms with Crippen LogP contribution in [0.4, 0.5) is 23.0 Å². The number of nitrogens with one attached hydrogen (secondary N) is 2. The number of anilines is 3. The van der Waals surface area contributed by atoms with Crippen molar-refractivity contribution in [3.8, 4) is 5.75 Å². The molecular weight excluding hydrogens is 370 g/mol. The maximum absolute atomic E-state index is 11.6. The third-order valence-corrected chi connectivity index (χ3v) is 3.95. The minimum atomic E-state index is -0.525. The molecule has 1 heterocycles. The predicted molar refractivity (Wildman–Crippen MR) is 104 cm³/mol. The lowest BCUT2D eigenvalue weighted by Gasteiger charge is -2.10. The van der Waals surface area contributed by atoms with Gasteiger partial charge in [0.1, 0.15) is 12.1 Å². The number of benzene rings is 2. The topological polar surface area (TPSA) is 102 Å². The van der Waals surface area contributed by atoms with Crippen LogP contribution in [-0.4, -0.2) is 22.0 Å². The van der Waals surface area contributed by atoms with Crippen molar-refractivity contribution >= 4 is 34.6 Å². The van der Waals surface area contributed by atoms with Crippen molar-refractivity contribution in [2.75, 3.05) is 17.7 Å². The second-order valence-electron chi connectivity index (χ2n) is 5.51. The minimum absolute atomic E-state index is 0.0782. The molecule has 3 aromatic rings. The summed E-state index contributed by atoms with van der Waals surface area (Å²) in [6, 6.07) is 14.2. The lowest BCUT2D eigenvalue weighted by molar-refractivity contribution is -0.383. The summed E-state index contributed by atoms with van der Waals surface area (Å²) in [5.74, 6) is 0.935. The number of hydrogen-bond acceptors (Lipinski definition) is 7. The van der Waals surface area contributed by atoms with Gasteiger partial charge in [0.05, 0.1) is 12.0 Å². The molecule has 1 aromatic heterocycles. The van der Waals surface area contributed by atoms with Gasteiger partial charge in [0.25, 0.3) is 0 Å². The van der Waals surface area contributed by atoms with Gasteiger partial charge >= 0.3 is 5.69 Å². The average Bonchev–Trinajstić information content (AvgIpc) is 2.66. The first-order valence-electron chi connectivity index (χ1n) is 7.95. The molecule has 0 amide bonds. The van der Waals surface area contributed by atoms with Gasteiger partial charge in [-0.25, -0.2) is 9.97 Å². The molecule has 0 bridgehead atoms. The van der Waals surface area contributed by atoms with Crippen molar-refractivity contribution in [1.82, 2.24) is 9.97 Å². The van der Waals surface area contributed by atoms with E-state index < -0.39 is 4.92 Å². The molecule has 0 radical (unpaired) electrons. The zero-order valence-corrected chi connectivity index (χ0v) is 15.1. The third kappa shape index (κ3) is 4.62. The van der Waals surface area contributed by atoms with Crippen molar-refractivity contribution in [3.63, 3.8) is 0 Å². The van der Waals surface area contributed by atoms with E-state index in [1.807, 2.05) is 24.3 Å². The number of nitrogens with zero attached hydrogens (tertiary/aromatic N) is 3. The van der Waals surface area contributed by atoms with Crippen LogP contribution in [0.5, 0.6) is 5.75 Å². The van der Waals surface area contributed by atoms with Gasteiger partial charge in [-0.05, 0) is 35.9 Å². The maximum atomic E-state index is 11.6. The fraction of sp³-hybridized carbons (Fsp3) is 0.111. The molecule has 0 unspecified atom stereocenters. The maximum Gasteiger partial charge on any atom is 0.353 e. The molecule has 0 spiro atoms. The lowest BCUT2D eigenvalue weighted by Crippen LogP contribution is -2.08. The summed E-state index contributed by atoms with van der Waals surface area (Å²) in [6.45, 7) is 0.360. The molecule has 3 rings (SSSR count). The van der Waals surface area contributed by atoms with Crippen LogP contribution in [0.1, 0.15) is 5.56 Å². The number of rotatable bonds is 7. The van der Waals surface area contributed by atoms with Crippen LogP contribution in [0.3, 0.4) is 0 Å². The summed E-state index contributed by atoms with van der Waals surface area (Å²) in [5, 5.41) is 18.0. The van der Waals surface area contributed by atoms with Crippen LogP contribution in [0.25, 0.3) is 0 Å². The molecule has 8 nitrogen and oxygen atoms in total. The van der Waals surface area contributed by atoms with Crippen molar-refractivity contribution in [2.45, 2.75) is 6.54 Å². The average molecular weight is 386 g/mol. The number of halogens is 1. The number of nitro groups is 1. The van der Waals surface area contributed by atoms with E-state index in [2.05, 4.69) is 20.6 Å². The predicted octanol–water partition coefficient (Wildman–Crippen LogP) is 4.40. The van der Waals surface area contributed by atoms with E-state index in [0.29, 0.717) is 17.3 Å². The van der Waals surface area contributed by atoms with E-state index in [-0.39, 0.29) is 17.3 Å². The Balaban J connectivity index is 1.83. The summed E-state index contributed by atoms with van der Waals surface area (Å²) in [4.78, 5) is 19.1. The molecule has 2 aromatic carbocycles. The van der Waals surface area contributed by atoms with Gasteiger partial charge in [0.2, 0.25) is 11.6 Å². The normalized spacial score (nSPS) is 10.3. The Bertz CT molecular complexity index is 950. The Labute approximate surface area is 160 Å². The zero-order chi connectivity index (χ0) is 19.2. The lowest BCUT2D eigenvalue weighted by atomic mass is 10.2. The molecule has 0 aliphatic rings. The highest BCUT2D eigenvalue weighted by atomic mass is 35.5. The fourth-order valence-corrected chi connectivity index (χ4v) is 2.59. The molecule has 0 atom stereocenters. The second kappa shape index (κ2) is 8.33. The summed E-state index contributed by atoms with van der Waals surface area (Å²) < 4.78 is 5.12. The largest absolute Gasteiger partial charge is 0.497 e. The summed E-state index contributed by atoms with van der Waals surface area (Å²) in [5.41, 5.74) is 1.27. The molecule has 0 aliphatic carbocycles. The molecule has 0 fully saturated rings. The number of aromatic nitrogens is 2. The molecule has 9 heteroatoms. The van der Waals surface area contributed by atoms with Gasteiger partial charge < -0.3 is 15.4 Å².